The van der Waals surface area contributed by atoms with Crippen molar-refractivity contribution in [3.63, 3.8) is 0 Å². The molecule has 0 atom stereocenters. The summed E-state index contributed by atoms with van der Waals surface area (Å²) in [4.78, 5) is 20.5. The molecular formula is C14H15BrN4O4S2. The van der Waals surface area contributed by atoms with E-state index in [4.69, 9.17) is 4.74 Å². The van der Waals surface area contributed by atoms with Crippen molar-refractivity contribution < 1.29 is 17.9 Å². The van der Waals surface area contributed by atoms with Gasteiger partial charge in [0.1, 0.15) is 5.69 Å². The fourth-order valence-corrected chi connectivity index (χ4v) is 4.87. The molecule has 1 aromatic heterocycles. The van der Waals surface area contributed by atoms with Gasteiger partial charge in [-0.05, 0) is 28.1 Å². The number of thiazole rings is 1. The number of morpholine rings is 1. The smallest absolute Gasteiger partial charge is 0.285 e. The summed E-state index contributed by atoms with van der Waals surface area (Å²) in [5.74, 6) is -0.619. The fraction of sp³-hybridized carbons (Fsp3) is 0.286. The molecule has 0 saturated carbocycles. The molecule has 2 aromatic rings. The summed E-state index contributed by atoms with van der Waals surface area (Å²) >= 11 is 4.50. The summed E-state index contributed by atoms with van der Waals surface area (Å²) in [5.41, 5.74) is 2.34. The number of rotatable bonds is 5. The number of hydrogen-bond acceptors (Lipinski definition) is 7. The molecule has 3 rings (SSSR count). The van der Waals surface area contributed by atoms with Crippen molar-refractivity contribution in [1.82, 2.24) is 15.2 Å². The molecule has 2 N–H and O–H groups in total. The van der Waals surface area contributed by atoms with Crippen molar-refractivity contribution in [2.75, 3.05) is 31.2 Å². The van der Waals surface area contributed by atoms with Crippen molar-refractivity contribution in [2.24, 2.45) is 0 Å². The SMILES string of the molecule is O=C(NNS(=O)(=O)c1ccccc1Br)c1csc(N2CCOCC2)n1. The number of halogens is 1. The Hall–Kier alpha value is -1.53. The molecule has 0 spiro atoms. The fourth-order valence-electron chi connectivity index (χ4n) is 2.16. The van der Waals surface area contributed by atoms with Crippen molar-refractivity contribution >= 4 is 48.3 Å². The molecule has 0 unspecified atom stereocenters. The Kier molecular flexibility index (Phi) is 5.69. The monoisotopic (exact) mass is 446 g/mol. The van der Waals surface area contributed by atoms with E-state index in [1.54, 1.807) is 23.6 Å². The summed E-state index contributed by atoms with van der Waals surface area (Å²) in [6, 6.07) is 6.32. The van der Waals surface area contributed by atoms with Gasteiger partial charge in [0.2, 0.25) is 0 Å². The summed E-state index contributed by atoms with van der Waals surface area (Å²) in [6.45, 7) is 2.66. The number of aromatic nitrogens is 1. The predicted molar refractivity (Wildman–Crippen MR) is 97.1 cm³/mol. The average molecular weight is 447 g/mol. The zero-order valence-electron chi connectivity index (χ0n) is 12.9. The maximum Gasteiger partial charge on any atom is 0.285 e. The lowest BCUT2D eigenvalue weighted by molar-refractivity contribution is 0.0940. The lowest BCUT2D eigenvalue weighted by Gasteiger charge is -2.25. The molecule has 0 aliphatic carbocycles. The second-order valence-corrected chi connectivity index (χ2v) is 8.45. The van der Waals surface area contributed by atoms with E-state index < -0.39 is 15.9 Å². The van der Waals surface area contributed by atoms with E-state index in [9.17, 15) is 13.2 Å². The molecule has 0 radical (unpaired) electrons. The van der Waals surface area contributed by atoms with Crippen LogP contribution >= 0.6 is 27.3 Å². The Morgan fingerprint density at radius 2 is 2.00 bits per heavy atom. The Labute approximate surface area is 157 Å². The molecule has 25 heavy (non-hydrogen) atoms. The molecule has 1 fully saturated rings. The molecule has 0 bridgehead atoms. The van der Waals surface area contributed by atoms with Crippen LogP contribution in [0.15, 0.2) is 39.0 Å². The van der Waals surface area contributed by atoms with Gasteiger partial charge in [-0.25, -0.2) is 13.4 Å². The van der Waals surface area contributed by atoms with Crippen LogP contribution in [0.2, 0.25) is 0 Å². The van der Waals surface area contributed by atoms with Gasteiger partial charge < -0.3 is 9.64 Å². The highest BCUT2D eigenvalue weighted by Gasteiger charge is 2.21. The van der Waals surface area contributed by atoms with Gasteiger partial charge >= 0.3 is 0 Å². The van der Waals surface area contributed by atoms with E-state index in [0.29, 0.717) is 35.9 Å². The van der Waals surface area contributed by atoms with Crippen LogP contribution in [0.3, 0.4) is 0 Å². The standard InChI is InChI=1S/C14H15BrN4O4S2/c15-10-3-1-2-4-12(10)25(21,22)18-17-13(20)11-9-24-14(16-11)19-5-7-23-8-6-19/h1-4,9,18H,5-8H2,(H,17,20). The number of amides is 1. The van der Waals surface area contributed by atoms with E-state index in [0.717, 1.165) is 0 Å². The quantitative estimate of drug-likeness (QED) is 0.672. The topological polar surface area (TPSA) is 101 Å². The normalized spacial score (nSPS) is 15.2. The lowest BCUT2D eigenvalue weighted by atomic mass is 10.4. The Morgan fingerprint density at radius 3 is 2.72 bits per heavy atom. The molecule has 1 aromatic carbocycles. The van der Waals surface area contributed by atoms with E-state index in [1.807, 2.05) is 4.90 Å². The number of hydrazine groups is 1. The first kappa shape index (κ1) is 18.3. The minimum absolute atomic E-state index is 0.0302. The number of nitrogens with one attached hydrogen (secondary N) is 2. The minimum Gasteiger partial charge on any atom is -0.378 e. The van der Waals surface area contributed by atoms with Crippen LogP contribution < -0.4 is 15.2 Å². The average Bonchev–Trinajstić information content (AvgIpc) is 3.11. The van der Waals surface area contributed by atoms with Crippen LogP contribution in [0.25, 0.3) is 0 Å². The van der Waals surface area contributed by atoms with Gasteiger partial charge in [0, 0.05) is 22.9 Å². The first-order chi connectivity index (χ1) is 12.0. The zero-order valence-corrected chi connectivity index (χ0v) is 16.2. The van der Waals surface area contributed by atoms with Crippen LogP contribution in [0.1, 0.15) is 10.5 Å². The molecule has 134 valence electrons. The van der Waals surface area contributed by atoms with Gasteiger partial charge in [-0.2, -0.15) is 0 Å². The highest BCUT2D eigenvalue weighted by Crippen LogP contribution is 2.22. The van der Waals surface area contributed by atoms with Crippen LogP contribution in [-0.2, 0) is 14.8 Å². The Morgan fingerprint density at radius 1 is 1.28 bits per heavy atom. The molecule has 1 amide bonds. The number of hydrogen-bond donors (Lipinski definition) is 2. The molecule has 8 nitrogen and oxygen atoms in total. The first-order valence-corrected chi connectivity index (χ1v) is 10.5. The Bertz CT molecular complexity index is 865. The van der Waals surface area contributed by atoms with Crippen LogP contribution in [0.4, 0.5) is 5.13 Å². The van der Waals surface area contributed by atoms with E-state index in [-0.39, 0.29) is 10.6 Å². The number of sulfonamides is 1. The molecule has 1 aliphatic rings. The van der Waals surface area contributed by atoms with Crippen molar-refractivity contribution in [1.29, 1.82) is 0 Å². The van der Waals surface area contributed by atoms with Gasteiger partial charge in [-0.15, -0.1) is 16.2 Å². The van der Waals surface area contributed by atoms with Gasteiger partial charge in [-0.1, -0.05) is 12.1 Å². The molecule has 1 saturated heterocycles. The Balaban J connectivity index is 1.65. The third kappa shape index (κ3) is 4.36. The number of anilines is 1. The van der Waals surface area contributed by atoms with E-state index in [2.05, 4.69) is 31.2 Å². The van der Waals surface area contributed by atoms with Gasteiger partial charge in [0.25, 0.3) is 15.9 Å². The molecule has 1 aliphatic heterocycles. The number of carbonyl (C=O) groups excluding carboxylic acids is 1. The largest absolute Gasteiger partial charge is 0.378 e. The third-order valence-corrected chi connectivity index (χ3v) is 6.59. The summed E-state index contributed by atoms with van der Waals surface area (Å²) in [6.07, 6.45) is 0. The molecule has 11 heteroatoms. The predicted octanol–water partition coefficient (Wildman–Crippen LogP) is 1.37. The second-order valence-electron chi connectivity index (χ2n) is 5.10. The van der Waals surface area contributed by atoms with Gasteiger partial charge in [0.05, 0.1) is 18.1 Å². The maximum atomic E-state index is 12.2. The van der Waals surface area contributed by atoms with Gasteiger partial charge in [0.15, 0.2) is 5.13 Å². The van der Waals surface area contributed by atoms with Crippen molar-refractivity contribution in [3.05, 3.63) is 39.8 Å². The van der Waals surface area contributed by atoms with Gasteiger partial charge in [-0.3, -0.25) is 10.2 Å². The van der Waals surface area contributed by atoms with Crippen molar-refractivity contribution in [3.8, 4) is 0 Å². The van der Waals surface area contributed by atoms with E-state index >= 15 is 0 Å². The minimum atomic E-state index is -3.89. The van der Waals surface area contributed by atoms with Crippen LogP contribution in [0.5, 0.6) is 0 Å². The summed E-state index contributed by atoms with van der Waals surface area (Å²) in [5, 5.41) is 2.30. The summed E-state index contributed by atoms with van der Waals surface area (Å²) in [7, 11) is -3.89. The highest BCUT2D eigenvalue weighted by molar-refractivity contribution is 9.10. The second kappa shape index (κ2) is 7.79. The zero-order chi connectivity index (χ0) is 17.9. The van der Waals surface area contributed by atoms with Crippen LogP contribution in [0, 0.1) is 0 Å². The first-order valence-electron chi connectivity index (χ1n) is 7.32. The highest BCUT2D eigenvalue weighted by atomic mass is 79.9. The van der Waals surface area contributed by atoms with Crippen LogP contribution in [-0.4, -0.2) is 45.6 Å². The maximum absolute atomic E-state index is 12.2. The number of carbonyl (C=O) groups is 1. The van der Waals surface area contributed by atoms with Crippen molar-refractivity contribution in [2.45, 2.75) is 4.90 Å². The van der Waals surface area contributed by atoms with E-state index in [1.165, 1.54) is 17.4 Å². The number of nitrogens with zero attached hydrogens (tertiary/aromatic N) is 2. The lowest BCUT2D eigenvalue weighted by Crippen LogP contribution is -2.42. The summed E-state index contributed by atoms with van der Waals surface area (Å²) < 4.78 is 30.2. The molecule has 2 heterocycles. The number of ether oxygens (including phenoxy) is 1. The third-order valence-electron chi connectivity index (χ3n) is 3.43. The number of benzene rings is 1. The molecular weight excluding hydrogens is 432 g/mol.